The number of rotatable bonds is 3. The van der Waals surface area contributed by atoms with Crippen LogP contribution in [0, 0.1) is 5.82 Å². The molecule has 3 heteroatoms. The summed E-state index contributed by atoms with van der Waals surface area (Å²) in [4.78, 5) is 0. The zero-order valence-electron chi connectivity index (χ0n) is 11.7. The van der Waals surface area contributed by atoms with E-state index < -0.39 is 0 Å². The number of fused-ring (bicyclic) bond motifs is 1. The van der Waals surface area contributed by atoms with Crippen molar-refractivity contribution in [3.63, 3.8) is 0 Å². The first-order valence-electron chi connectivity index (χ1n) is 6.86. The number of nitrogens with two attached hydrogens (primary N) is 1. The van der Waals surface area contributed by atoms with Crippen molar-refractivity contribution in [3.05, 3.63) is 72.0 Å². The molecule has 0 aliphatic rings. The van der Waals surface area contributed by atoms with Crippen molar-refractivity contribution < 1.29 is 9.13 Å². The topological polar surface area (TPSA) is 35.2 Å². The third kappa shape index (κ3) is 2.73. The lowest BCUT2D eigenvalue weighted by Crippen LogP contribution is -2.07. The van der Waals surface area contributed by atoms with E-state index in [9.17, 15) is 4.39 Å². The SMILES string of the molecule is C[C@@H](N)c1cc(F)ccc1Oc1cccc2ccccc12. The lowest BCUT2D eigenvalue weighted by molar-refractivity contribution is 0.474. The fourth-order valence-corrected chi connectivity index (χ4v) is 2.37. The molecule has 0 bridgehead atoms. The summed E-state index contributed by atoms with van der Waals surface area (Å²) in [5.41, 5.74) is 6.56. The lowest BCUT2D eigenvalue weighted by Gasteiger charge is -2.15. The van der Waals surface area contributed by atoms with Crippen molar-refractivity contribution in [2.45, 2.75) is 13.0 Å². The summed E-state index contributed by atoms with van der Waals surface area (Å²) >= 11 is 0. The molecule has 2 N–H and O–H groups in total. The van der Waals surface area contributed by atoms with Crippen molar-refractivity contribution >= 4 is 10.8 Å². The van der Waals surface area contributed by atoms with E-state index in [1.807, 2.05) is 49.4 Å². The molecule has 2 nitrogen and oxygen atoms in total. The van der Waals surface area contributed by atoms with Gasteiger partial charge in [0, 0.05) is 17.0 Å². The molecule has 21 heavy (non-hydrogen) atoms. The van der Waals surface area contributed by atoms with Crippen molar-refractivity contribution in [1.82, 2.24) is 0 Å². The van der Waals surface area contributed by atoms with Gasteiger partial charge in [0.05, 0.1) is 0 Å². The van der Waals surface area contributed by atoms with Crippen LogP contribution in [0.15, 0.2) is 60.7 Å². The van der Waals surface area contributed by atoms with Gasteiger partial charge in [-0.05, 0) is 36.6 Å². The third-order valence-electron chi connectivity index (χ3n) is 3.43. The number of halogens is 1. The van der Waals surface area contributed by atoms with E-state index in [0.29, 0.717) is 11.3 Å². The van der Waals surface area contributed by atoms with E-state index in [-0.39, 0.29) is 11.9 Å². The molecular formula is C18H16FNO. The first kappa shape index (κ1) is 13.6. The van der Waals surface area contributed by atoms with Crippen LogP contribution < -0.4 is 10.5 Å². The zero-order valence-corrected chi connectivity index (χ0v) is 11.7. The number of hydrogen-bond acceptors (Lipinski definition) is 2. The molecule has 3 aromatic carbocycles. The Hall–Kier alpha value is -2.39. The van der Waals surface area contributed by atoms with Crippen molar-refractivity contribution in [2.75, 3.05) is 0 Å². The van der Waals surface area contributed by atoms with Crippen molar-refractivity contribution in [1.29, 1.82) is 0 Å². The molecule has 1 atom stereocenters. The second-order valence-electron chi connectivity index (χ2n) is 5.05. The predicted octanol–water partition coefficient (Wildman–Crippen LogP) is 4.79. The van der Waals surface area contributed by atoms with Gasteiger partial charge in [0.25, 0.3) is 0 Å². The molecule has 0 aliphatic carbocycles. The standard InChI is InChI=1S/C18H16FNO/c1-12(20)16-11-14(19)9-10-18(16)21-17-8-4-6-13-5-2-3-7-15(13)17/h2-12H,20H2,1H3/t12-/m1/s1. The Kier molecular flexibility index (Phi) is 3.59. The largest absolute Gasteiger partial charge is 0.456 e. The molecule has 0 unspecified atom stereocenters. The Morgan fingerprint density at radius 2 is 1.71 bits per heavy atom. The van der Waals surface area contributed by atoms with E-state index in [0.717, 1.165) is 16.5 Å². The molecule has 0 heterocycles. The van der Waals surface area contributed by atoms with Gasteiger partial charge in [0.15, 0.2) is 0 Å². The van der Waals surface area contributed by atoms with Gasteiger partial charge in [-0.25, -0.2) is 4.39 Å². The first-order chi connectivity index (χ1) is 10.1. The fourth-order valence-electron chi connectivity index (χ4n) is 2.37. The summed E-state index contributed by atoms with van der Waals surface area (Å²) < 4.78 is 19.4. The summed E-state index contributed by atoms with van der Waals surface area (Å²) in [6, 6.07) is 18.0. The van der Waals surface area contributed by atoms with Gasteiger partial charge in [-0.3, -0.25) is 0 Å². The van der Waals surface area contributed by atoms with Gasteiger partial charge in [0.1, 0.15) is 17.3 Å². The van der Waals surface area contributed by atoms with Gasteiger partial charge in [-0.2, -0.15) is 0 Å². The van der Waals surface area contributed by atoms with E-state index in [4.69, 9.17) is 10.5 Å². The number of benzene rings is 3. The highest BCUT2D eigenvalue weighted by Crippen LogP contribution is 2.33. The molecule has 3 aromatic rings. The van der Waals surface area contributed by atoms with Crippen LogP contribution in [0.25, 0.3) is 10.8 Å². The van der Waals surface area contributed by atoms with E-state index in [1.165, 1.54) is 12.1 Å². The van der Waals surface area contributed by atoms with Gasteiger partial charge in [-0.1, -0.05) is 36.4 Å². The smallest absolute Gasteiger partial charge is 0.135 e. The Morgan fingerprint density at radius 1 is 0.952 bits per heavy atom. The Balaban J connectivity index is 2.07. The minimum absolute atomic E-state index is 0.300. The van der Waals surface area contributed by atoms with Gasteiger partial charge in [0.2, 0.25) is 0 Å². The second kappa shape index (κ2) is 5.54. The number of ether oxygens (including phenoxy) is 1. The maximum Gasteiger partial charge on any atom is 0.135 e. The van der Waals surface area contributed by atoms with Crippen LogP contribution in [-0.2, 0) is 0 Å². The van der Waals surface area contributed by atoms with E-state index in [1.54, 1.807) is 6.07 Å². The van der Waals surface area contributed by atoms with Crippen LogP contribution in [0.5, 0.6) is 11.5 Å². The third-order valence-corrected chi connectivity index (χ3v) is 3.43. The average Bonchev–Trinajstić information content (AvgIpc) is 2.49. The Bertz CT molecular complexity index is 778. The maximum atomic E-state index is 13.4. The predicted molar refractivity (Wildman–Crippen MR) is 83.0 cm³/mol. The second-order valence-corrected chi connectivity index (χ2v) is 5.05. The van der Waals surface area contributed by atoms with E-state index in [2.05, 4.69) is 0 Å². The molecule has 0 saturated heterocycles. The average molecular weight is 281 g/mol. The number of hydrogen-bond donors (Lipinski definition) is 1. The van der Waals surface area contributed by atoms with Gasteiger partial charge < -0.3 is 10.5 Å². The van der Waals surface area contributed by atoms with Crippen LogP contribution in [0.2, 0.25) is 0 Å². The molecule has 3 rings (SSSR count). The molecule has 0 saturated carbocycles. The molecule has 0 fully saturated rings. The van der Waals surface area contributed by atoms with Gasteiger partial charge >= 0.3 is 0 Å². The summed E-state index contributed by atoms with van der Waals surface area (Å²) in [6.45, 7) is 1.81. The minimum atomic E-state index is -0.312. The molecule has 0 radical (unpaired) electrons. The van der Waals surface area contributed by atoms with Crippen molar-refractivity contribution in [3.8, 4) is 11.5 Å². The van der Waals surface area contributed by atoms with Crippen LogP contribution in [0.4, 0.5) is 4.39 Å². The summed E-state index contributed by atoms with van der Waals surface area (Å²) in [7, 11) is 0. The normalized spacial score (nSPS) is 12.3. The van der Waals surface area contributed by atoms with Gasteiger partial charge in [-0.15, -0.1) is 0 Å². The highest BCUT2D eigenvalue weighted by Gasteiger charge is 2.11. The first-order valence-corrected chi connectivity index (χ1v) is 6.86. The van der Waals surface area contributed by atoms with Crippen LogP contribution >= 0.6 is 0 Å². The van der Waals surface area contributed by atoms with Crippen molar-refractivity contribution in [2.24, 2.45) is 5.73 Å². The highest BCUT2D eigenvalue weighted by molar-refractivity contribution is 5.88. The minimum Gasteiger partial charge on any atom is -0.456 e. The van der Waals surface area contributed by atoms with E-state index >= 15 is 0 Å². The zero-order chi connectivity index (χ0) is 14.8. The molecular weight excluding hydrogens is 265 g/mol. The Morgan fingerprint density at radius 3 is 2.52 bits per heavy atom. The monoisotopic (exact) mass is 281 g/mol. The highest BCUT2D eigenvalue weighted by atomic mass is 19.1. The Labute approximate surface area is 123 Å². The van der Waals surface area contributed by atoms with Crippen LogP contribution in [0.1, 0.15) is 18.5 Å². The molecule has 0 spiro atoms. The lowest BCUT2D eigenvalue weighted by atomic mass is 10.1. The molecule has 106 valence electrons. The molecule has 0 aromatic heterocycles. The summed E-state index contributed by atoms with van der Waals surface area (Å²) in [6.07, 6.45) is 0. The molecule has 0 amide bonds. The fraction of sp³-hybridized carbons (Fsp3) is 0.111. The quantitative estimate of drug-likeness (QED) is 0.749. The molecule has 0 aliphatic heterocycles. The van der Waals surface area contributed by atoms with Crippen LogP contribution in [0.3, 0.4) is 0 Å². The summed E-state index contributed by atoms with van der Waals surface area (Å²) in [5, 5.41) is 2.11. The maximum absolute atomic E-state index is 13.4. The summed E-state index contributed by atoms with van der Waals surface area (Å²) in [5.74, 6) is 1.01. The van der Waals surface area contributed by atoms with Crippen LogP contribution in [-0.4, -0.2) is 0 Å².